The first-order chi connectivity index (χ1) is 17.0. The predicted molar refractivity (Wildman–Crippen MR) is 137 cm³/mol. The van der Waals surface area contributed by atoms with Crippen molar-refractivity contribution in [2.75, 3.05) is 46.4 Å². The molecule has 2 saturated heterocycles. The van der Waals surface area contributed by atoms with Gasteiger partial charge in [0.15, 0.2) is 5.82 Å². The van der Waals surface area contributed by atoms with Gasteiger partial charge in [0, 0.05) is 59.0 Å². The van der Waals surface area contributed by atoms with Gasteiger partial charge in [0.1, 0.15) is 0 Å². The summed E-state index contributed by atoms with van der Waals surface area (Å²) in [6.45, 7) is 9.46. The number of fused-ring (bicyclic) bond motifs is 1. The molecule has 2 aliphatic heterocycles. The third kappa shape index (κ3) is 6.04. The van der Waals surface area contributed by atoms with E-state index in [2.05, 4.69) is 23.7 Å². The molecule has 1 N–H and O–H groups in total. The molecule has 0 spiro atoms. The summed E-state index contributed by atoms with van der Waals surface area (Å²) in [7, 11) is 1.71. The Labute approximate surface area is 209 Å². The lowest BCUT2D eigenvalue weighted by Crippen LogP contribution is -2.55. The van der Waals surface area contributed by atoms with Crippen LogP contribution in [0.5, 0.6) is 0 Å². The summed E-state index contributed by atoms with van der Waals surface area (Å²) in [6, 6.07) is 7.93. The Bertz CT molecular complexity index is 998. The minimum atomic E-state index is -0.0813. The highest BCUT2D eigenvalue weighted by Gasteiger charge is 2.36. The van der Waals surface area contributed by atoms with Crippen molar-refractivity contribution in [1.29, 1.82) is 0 Å². The molecule has 192 valence electrons. The Balaban J connectivity index is 1.58. The number of benzene rings is 1. The summed E-state index contributed by atoms with van der Waals surface area (Å²) < 4.78 is 7.29. The predicted octanol–water partition coefficient (Wildman–Crippen LogP) is 3.16. The maximum Gasteiger partial charge on any atom is 0.290 e. The van der Waals surface area contributed by atoms with Gasteiger partial charge in [-0.3, -0.25) is 9.59 Å². The number of carbonyl (C=O) groups excluding carboxylic acids is 2. The third-order valence-electron chi connectivity index (χ3n) is 7.18. The van der Waals surface area contributed by atoms with E-state index in [4.69, 9.17) is 9.72 Å². The van der Waals surface area contributed by atoms with Crippen LogP contribution in [0.2, 0.25) is 0 Å². The zero-order valence-corrected chi connectivity index (χ0v) is 21.5. The summed E-state index contributed by atoms with van der Waals surface area (Å²) in [5.74, 6) is 0.928. The van der Waals surface area contributed by atoms with E-state index in [0.29, 0.717) is 44.4 Å². The number of para-hydroxylation sites is 2. The molecular weight excluding hydrogens is 442 g/mol. The number of amides is 2. The van der Waals surface area contributed by atoms with Gasteiger partial charge in [-0.2, -0.15) is 0 Å². The van der Waals surface area contributed by atoms with Crippen molar-refractivity contribution in [3.05, 3.63) is 30.1 Å². The standard InChI is InChI=1S/C27H41N5O3/c1-20(2)19-32(22-16-21(17-28-18-22)26(33)30-12-6-7-13-30)27(34)25-29-23-10-4-5-11-24(23)31(25)14-8-9-15-35-3/h4-5,10-11,20-22,28H,6-9,12-19H2,1-3H3/t21-,22+/m1/s1. The van der Waals surface area contributed by atoms with Crippen molar-refractivity contribution < 1.29 is 14.3 Å². The van der Waals surface area contributed by atoms with Crippen LogP contribution in [-0.2, 0) is 16.1 Å². The van der Waals surface area contributed by atoms with Crippen molar-refractivity contribution in [3.8, 4) is 0 Å². The van der Waals surface area contributed by atoms with Crippen LogP contribution in [0.1, 0.15) is 56.6 Å². The molecule has 0 saturated carbocycles. The molecule has 3 heterocycles. The Kier molecular flexibility index (Phi) is 8.78. The van der Waals surface area contributed by atoms with E-state index in [-0.39, 0.29) is 23.8 Å². The van der Waals surface area contributed by atoms with Crippen LogP contribution in [0.3, 0.4) is 0 Å². The van der Waals surface area contributed by atoms with Crippen LogP contribution in [0.15, 0.2) is 24.3 Å². The molecule has 1 aromatic carbocycles. The molecule has 4 rings (SSSR count). The van der Waals surface area contributed by atoms with E-state index >= 15 is 0 Å². The van der Waals surface area contributed by atoms with Crippen LogP contribution in [0, 0.1) is 11.8 Å². The normalized spacial score (nSPS) is 20.6. The molecule has 1 aromatic heterocycles. The number of unbranched alkanes of at least 4 members (excludes halogenated alkanes) is 1. The van der Waals surface area contributed by atoms with Gasteiger partial charge in [0.25, 0.3) is 5.91 Å². The SMILES string of the molecule is COCCCCn1c(C(=O)N(CC(C)C)[C@@H]2CNC[C@H](C(=O)N3CCCC3)C2)nc2ccccc21. The number of carbonyl (C=O) groups is 2. The van der Waals surface area contributed by atoms with Gasteiger partial charge in [-0.15, -0.1) is 0 Å². The molecule has 2 fully saturated rings. The van der Waals surface area contributed by atoms with Crippen molar-refractivity contribution in [2.45, 2.75) is 58.5 Å². The fourth-order valence-electron chi connectivity index (χ4n) is 5.44. The third-order valence-corrected chi connectivity index (χ3v) is 7.18. The van der Waals surface area contributed by atoms with E-state index in [0.717, 1.165) is 56.4 Å². The number of methoxy groups -OCH3 is 1. The minimum Gasteiger partial charge on any atom is -0.385 e. The summed E-state index contributed by atoms with van der Waals surface area (Å²) in [5.41, 5.74) is 1.83. The lowest BCUT2D eigenvalue weighted by Gasteiger charge is -2.39. The quantitative estimate of drug-likeness (QED) is 0.525. The van der Waals surface area contributed by atoms with Crippen LogP contribution in [-0.4, -0.2) is 83.6 Å². The minimum absolute atomic E-state index is 0.0306. The van der Waals surface area contributed by atoms with Crippen molar-refractivity contribution in [2.24, 2.45) is 11.8 Å². The molecule has 8 nitrogen and oxygen atoms in total. The second-order valence-electron chi connectivity index (χ2n) is 10.4. The number of aromatic nitrogens is 2. The first kappa shape index (κ1) is 25.6. The average Bonchev–Trinajstić information content (AvgIpc) is 3.53. The first-order valence-electron chi connectivity index (χ1n) is 13.2. The maximum absolute atomic E-state index is 14.1. The Morgan fingerprint density at radius 2 is 1.94 bits per heavy atom. The van der Waals surface area contributed by atoms with E-state index in [1.54, 1.807) is 7.11 Å². The summed E-state index contributed by atoms with van der Waals surface area (Å²) in [6.07, 6.45) is 4.73. The number of piperidine rings is 1. The van der Waals surface area contributed by atoms with Crippen LogP contribution in [0.4, 0.5) is 0 Å². The lowest BCUT2D eigenvalue weighted by atomic mass is 9.92. The number of imidazole rings is 1. The number of rotatable bonds is 10. The average molecular weight is 484 g/mol. The van der Waals surface area contributed by atoms with Crippen LogP contribution >= 0.6 is 0 Å². The van der Waals surface area contributed by atoms with Gasteiger partial charge < -0.3 is 24.4 Å². The molecule has 0 unspecified atom stereocenters. The fraction of sp³-hybridized carbons (Fsp3) is 0.667. The van der Waals surface area contributed by atoms with Gasteiger partial charge in [0.05, 0.1) is 17.0 Å². The van der Waals surface area contributed by atoms with Gasteiger partial charge >= 0.3 is 0 Å². The monoisotopic (exact) mass is 483 g/mol. The van der Waals surface area contributed by atoms with E-state index in [9.17, 15) is 9.59 Å². The van der Waals surface area contributed by atoms with Crippen molar-refractivity contribution in [1.82, 2.24) is 24.7 Å². The molecular formula is C27H41N5O3. The smallest absolute Gasteiger partial charge is 0.290 e. The molecule has 2 aromatic rings. The van der Waals surface area contributed by atoms with Gasteiger partial charge in [-0.25, -0.2) is 4.98 Å². The number of hydrogen-bond acceptors (Lipinski definition) is 5. The fourth-order valence-corrected chi connectivity index (χ4v) is 5.44. The molecule has 0 aliphatic carbocycles. The second kappa shape index (κ2) is 12.0. The van der Waals surface area contributed by atoms with Crippen LogP contribution < -0.4 is 5.32 Å². The Morgan fingerprint density at radius 1 is 1.17 bits per heavy atom. The highest BCUT2D eigenvalue weighted by molar-refractivity contribution is 5.95. The molecule has 2 aliphatic rings. The highest BCUT2D eigenvalue weighted by Crippen LogP contribution is 2.25. The van der Waals surface area contributed by atoms with Crippen molar-refractivity contribution in [3.63, 3.8) is 0 Å². The summed E-state index contributed by atoms with van der Waals surface area (Å²) in [4.78, 5) is 36.0. The first-order valence-corrected chi connectivity index (χ1v) is 13.2. The van der Waals surface area contributed by atoms with E-state index < -0.39 is 0 Å². The topological polar surface area (TPSA) is 79.7 Å². The largest absolute Gasteiger partial charge is 0.385 e. The number of hydrogen-bond donors (Lipinski definition) is 1. The van der Waals surface area contributed by atoms with Crippen molar-refractivity contribution >= 4 is 22.8 Å². The van der Waals surface area contributed by atoms with Gasteiger partial charge in [-0.05, 0) is 50.2 Å². The molecule has 35 heavy (non-hydrogen) atoms. The Morgan fingerprint density at radius 3 is 2.69 bits per heavy atom. The highest BCUT2D eigenvalue weighted by atomic mass is 16.5. The molecule has 2 atom stereocenters. The zero-order chi connectivity index (χ0) is 24.8. The van der Waals surface area contributed by atoms with Crippen LogP contribution in [0.25, 0.3) is 11.0 Å². The number of likely N-dealkylation sites (tertiary alicyclic amines) is 1. The number of aryl methyl sites for hydroxylation is 1. The second-order valence-corrected chi connectivity index (χ2v) is 10.4. The summed E-state index contributed by atoms with van der Waals surface area (Å²) >= 11 is 0. The number of nitrogens with zero attached hydrogens (tertiary/aromatic N) is 4. The van der Waals surface area contributed by atoms with E-state index in [1.165, 1.54) is 0 Å². The Hall–Kier alpha value is -2.45. The molecule has 8 heteroatoms. The summed E-state index contributed by atoms with van der Waals surface area (Å²) in [5, 5.41) is 3.46. The number of ether oxygens (including phenoxy) is 1. The van der Waals surface area contributed by atoms with E-state index in [1.807, 2.05) is 34.1 Å². The molecule has 0 radical (unpaired) electrons. The molecule has 0 bridgehead atoms. The zero-order valence-electron chi connectivity index (χ0n) is 21.5. The number of nitrogens with one attached hydrogen (secondary N) is 1. The lowest BCUT2D eigenvalue weighted by molar-refractivity contribution is -0.135. The maximum atomic E-state index is 14.1. The van der Waals surface area contributed by atoms with Gasteiger partial charge in [0.2, 0.25) is 5.91 Å². The molecule has 2 amide bonds. The van der Waals surface area contributed by atoms with Gasteiger partial charge in [-0.1, -0.05) is 26.0 Å².